The molecule has 0 heterocycles. The fourth-order valence-corrected chi connectivity index (χ4v) is 0.367. The molecule has 0 bridgehead atoms. The molecule has 0 aromatic heterocycles. The first-order chi connectivity index (χ1) is 4.95. The van der Waals surface area contributed by atoms with Crippen molar-refractivity contribution in [2.75, 3.05) is 0 Å². The van der Waals surface area contributed by atoms with Crippen molar-refractivity contribution in [3.05, 3.63) is 0 Å². The molecule has 0 unspecified atom stereocenters. The van der Waals surface area contributed by atoms with E-state index in [0.29, 0.717) is 0 Å². The standard InChI is InChI=1S/C8H14NO2/c1-5(2)7(10)9-8(11)6(3)4/h5-6H,1-4H3. The molecule has 63 valence electrons. The van der Waals surface area contributed by atoms with Gasteiger partial charge in [-0.25, -0.2) is 0 Å². The molecule has 0 fully saturated rings. The van der Waals surface area contributed by atoms with Gasteiger partial charge < -0.3 is 0 Å². The maximum Gasteiger partial charge on any atom is 0.251 e. The summed E-state index contributed by atoms with van der Waals surface area (Å²) in [6, 6.07) is 0. The van der Waals surface area contributed by atoms with Crippen LogP contribution in [0.3, 0.4) is 0 Å². The second-order valence-electron chi connectivity index (χ2n) is 3.10. The number of carbonyl (C=O) groups is 2. The summed E-state index contributed by atoms with van der Waals surface area (Å²) in [6.45, 7) is 6.89. The first-order valence-electron chi connectivity index (χ1n) is 3.74. The number of hydrogen-bond donors (Lipinski definition) is 0. The van der Waals surface area contributed by atoms with E-state index in [1.54, 1.807) is 27.7 Å². The molecule has 0 aliphatic heterocycles. The Balaban J connectivity index is 3.86. The van der Waals surface area contributed by atoms with Gasteiger partial charge >= 0.3 is 0 Å². The summed E-state index contributed by atoms with van der Waals surface area (Å²) in [5.41, 5.74) is 0. The Kier molecular flexibility index (Phi) is 3.79. The van der Waals surface area contributed by atoms with Crippen LogP contribution in [0.1, 0.15) is 27.7 Å². The number of hydrogen-bond acceptors (Lipinski definition) is 2. The monoisotopic (exact) mass is 156 g/mol. The van der Waals surface area contributed by atoms with Crippen LogP contribution in [-0.4, -0.2) is 11.8 Å². The SMILES string of the molecule is CC(C)C(=O)[N]C(=O)C(C)C. The third-order valence-electron chi connectivity index (χ3n) is 1.21. The Bertz CT molecular complexity index is 143. The summed E-state index contributed by atoms with van der Waals surface area (Å²) in [5.74, 6) is -1.03. The molecule has 0 aliphatic carbocycles. The van der Waals surface area contributed by atoms with E-state index in [1.165, 1.54) is 0 Å². The molecule has 0 atom stereocenters. The van der Waals surface area contributed by atoms with Crippen LogP contribution >= 0.6 is 0 Å². The molecule has 1 radical (unpaired) electrons. The Hall–Kier alpha value is -0.860. The second kappa shape index (κ2) is 4.11. The highest BCUT2D eigenvalue weighted by molar-refractivity contribution is 5.96. The van der Waals surface area contributed by atoms with E-state index >= 15 is 0 Å². The molecule has 0 aliphatic rings. The second-order valence-corrected chi connectivity index (χ2v) is 3.10. The van der Waals surface area contributed by atoms with Gasteiger partial charge in [-0.15, -0.1) is 0 Å². The van der Waals surface area contributed by atoms with Crippen LogP contribution < -0.4 is 5.32 Å². The van der Waals surface area contributed by atoms with E-state index in [0.717, 1.165) is 0 Å². The first-order valence-corrected chi connectivity index (χ1v) is 3.74. The summed E-state index contributed by atoms with van der Waals surface area (Å²) in [4.78, 5) is 21.7. The van der Waals surface area contributed by atoms with Gasteiger partial charge in [0.25, 0.3) is 11.8 Å². The van der Waals surface area contributed by atoms with Gasteiger partial charge in [0.05, 0.1) is 0 Å². The lowest BCUT2D eigenvalue weighted by atomic mass is 10.1. The third-order valence-corrected chi connectivity index (χ3v) is 1.21. The van der Waals surface area contributed by atoms with Crippen molar-refractivity contribution in [2.24, 2.45) is 11.8 Å². The molecular weight excluding hydrogens is 142 g/mol. The average Bonchev–Trinajstić information content (AvgIpc) is 1.87. The Morgan fingerprint density at radius 3 is 1.36 bits per heavy atom. The van der Waals surface area contributed by atoms with Crippen molar-refractivity contribution in [1.82, 2.24) is 5.32 Å². The van der Waals surface area contributed by atoms with E-state index in [-0.39, 0.29) is 23.7 Å². The van der Waals surface area contributed by atoms with Crippen LogP contribution in [0.4, 0.5) is 0 Å². The van der Waals surface area contributed by atoms with Crippen LogP contribution in [0.5, 0.6) is 0 Å². The molecular formula is C8H14NO2. The molecule has 0 saturated heterocycles. The van der Waals surface area contributed by atoms with Crippen molar-refractivity contribution in [3.63, 3.8) is 0 Å². The molecule has 11 heavy (non-hydrogen) atoms. The van der Waals surface area contributed by atoms with E-state index in [2.05, 4.69) is 5.32 Å². The Morgan fingerprint density at radius 1 is 0.909 bits per heavy atom. The smallest absolute Gasteiger partial charge is 0.251 e. The van der Waals surface area contributed by atoms with E-state index in [1.807, 2.05) is 0 Å². The van der Waals surface area contributed by atoms with Gasteiger partial charge in [-0.1, -0.05) is 27.7 Å². The summed E-state index contributed by atoms with van der Waals surface area (Å²) in [5, 5.41) is 3.40. The number of carbonyl (C=O) groups excluding carboxylic acids is 2. The summed E-state index contributed by atoms with van der Waals surface area (Å²) < 4.78 is 0. The maximum atomic E-state index is 10.9. The van der Waals surface area contributed by atoms with Crippen molar-refractivity contribution in [3.8, 4) is 0 Å². The third kappa shape index (κ3) is 3.75. The normalized spacial score (nSPS) is 10.4. The summed E-state index contributed by atoms with van der Waals surface area (Å²) >= 11 is 0. The zero-order valence-corrected chi connectivity index (χ0v) is 7.42. The van der Waals surface area contributed by atoms with Gasteiger partial charge in [0.15, 0.2) is 0 Å². The van der Waals surface area contributed by atoms with Gasteiger partial charge in [-0.2, -0.15) is 5.32 Å². The predicted molar refractivity (Wildman–Crippen MR) is 41.8 cm³/mol. The highest BCUT2D eigenvalue weighted by atomic mass is 16.2. The number of rotatable bonds is 2. The maximum absolute atomic E-state index is 10.9. The molecule has 0 saturated carbocycles. The zero-order valence-electron chi connectivity index (χ0n) is 7.42. The van der Waals surface area contributed by atoms with Gasteiger partial charge in [-0.3, -0.25) is 9.59 Å². The number of amides is 2. The quantitative estimate of drug-likeness (QED) is 0.597. The topological polar surface area (TPSA) is 48.2 Å². The number of imide groups is 1. The lowest BCUT2D eigenvalue weighted by Crippen LogP contribution is -2.29. The molecule has 2 amide bonds. The fraction of sp³-hybridized carbons (Fsp3) is 0.750. The average molecular weight is 156 g/mol. The van der Waals surface area contributed by atoms with Crippen LogP contribution in [-0.2, 0) is 9.59 Å². The van der Waals surface area contributed by atoms with Crippen LogP contribution in [0.2, 0.25) is 0 Å². The fourth-order valence-electron chi connectivity index (χ4n) is 0.367. The minimum Gasteiger partial charge on any atom is -0.272 e. The van der Waals surface area contributed by atoms with Gasteiger partial charge in [0.2, 0.25) is 0 Å². The van der Waals surface area contributed by atoms with E-state index in [4.69, 9.17) is 0 Å². The lowest BCUT2D eigenvalue weighted by Gasteiger charge is -2.04. The first kappa shape index (κ1) is 10.1. The zero-order chi connectivity index (χ0) is 9.02. The molecule has 0 spiro atoms. The van der Waals surface area contributed by atoms with Crippen LogP contribution in [0.15, 0.2) is 0 Å². The molecule has 0 aromatic carbocycles. The van der Waals surface area contributed by atoms with Crippen molar-refractivity contribution >= 4 is 11.8 Å². The van der Waals surface area contributed by atoms with Gasteiger partial charge in [0, 0.05) is 11.8 Å². The summed E-state index contributed by atoms with van der Waals surface area (Å²) in [7, 11) is 0. The van der Waals surface area contributed by atoms with E-state index < -0.39 is 0 Å². The van der Waals surface area contributed by atoms with E-state index in [9.17, 15) is 9.59 Å². The largest absolute Gasteiger partial charge is 0.272 e. The molecule has 3 heteroatoms. The molecule has 0 N–H and O–H groups in total. The Morgan fingerprint density at radius 2 is 1.18 bits per heavy atom. The lowest BCUT2D eigenvalue weighted by molar-refractivity contribution is -0.134. The minimum atomic E-state index is -0.330. The summed E-state index contributed by atoms with van der Waals surface area (Å²) in [6.07, 6.45) is 0. The van der Waals surface area contributed by atoms with Crippen LogP contribution in [0, 0.1) is 11.8 Å². The highest BCUT2D eigenvalue weighted by Gasteiger charge is 2.15. The predicted octanol–water partition coefficient (Wildman–Crippen LogP) is 0.956. The molecule has 3 nitrogen and oxygen atoms in total. The highest BCUT2D eigenvalue weighted by Crippen LogP contribution is 1.96. The molecule has 0 aromatic rings. The molecule has 0 rings (SSSR count). The minimum absolute atomic E-state index is 0.183. The Labute approximate surface area is 67.2 Å². The van der Waals surface area contributed by atoms with Crippen molar-refractivity contribution in [1.29, 1.82) is 0 Å². The number of nitrogens with zero attached hydrogens (tertiary/aromatic N) is 1. The van der Waals surface area contributed by atoms with Gasteiger partial charge in [-0.05, 0) is 0 Å². The van der Waals surface area contributed by atoms with Crippen molar-refractivity contribution < 1.29 is 9.59 Å². The van der Waals surface area contributed by atoms with Gasteiger partial charge in [0.1, 0.15) is 0 Å². The van der Waals surface area contributed by atoms with Crippen LogP contribution in [0.25, 0.3) is 0 Å². The van der Waals surface area contributed by atoms with Crippen molar-refractivity contribution in [2.45, 2.75) is 27.7 Å².